The Kier molecular flexibility index (Phi) is 4.19. The summed E-state index contributed by atoms with van der Waals surface area (Å²) in [5.74, 6) is 0.311. The Balaban J connectivity index is 1.66. The van der Waals surface area contributed by atoms with Crippen LogP contribution in [0, 0.1) is 5.92 Å². The molecule has 2 heterocycles. The van der Waals surface area contributed by atoms with Gasteiger partial charge in [0, 0.05) is 29.4 Å². The van der Waals surface area contributed by atoms with Crippen molar-refractivity contribution in [3.05, 3.63) is 10.4 Å². The molecule has 1 atom stereocenters. The summed E-state index contributed by atoms with van der Waals surface area (Å²) in [7, 11) is 0. The van der Waals surface area contributed by atoms with Crippen LogP contribution in [-0.4, -0.2) is 27.9 Å². The second kappa shape index (κ2) is 6.15. The first-order valence-electron chi connectivity index (χ1n) is 8.36. The molecule has 120 valence electrons. The van der Waals surface area contributed by atoms with Gasteiger partial charge in [0.15, 0.2) is 5.00 Å². The highest BCUT2D eigenvalue weighted by Crippen LogP contribution is 2.43. The van der Waals surface area contributed by atoms with Crippen molar-refractivity contribution in [1.82, 2.24) is 4.31 Å². The predicted molar refractivity (Wildman–Crippen MR) is 89.5 cm³/mol. The van der Waals surface area contributed by atoms with Gasteiger partial charge in [-0.2, -0.15) is 0 Å². The lowest BCUT2D eigenvalue weighted by Crippen LogP contribution is -2.29. The van der Waals surface area contributed by atoms with Crippen molar-refractivity contribution < 1.29 is 9.35 Å². The summed E-state index contributed by atoms with van der Waals surface area (Å²) in [5, 5.41) is 3.96. The molecular formula is C16H22N2O2S2. The minimum Gasteiger partial charge on any atom is -0.593 e. The van der Waals surface area contributed by atoms with E-state index < -0.39 is 11.4 Å². The molecule has 1 aliphatic heterocycles. The number of nitrogens with zero attached hydrogens (tertiary/aromatic N) is 1. The van der Waals surface area contributed by atoms with Crippen molar-refractivity contribution in [3.8, 4) is 0 Å². The minimum atomic E-state index is -1.11. The number of hydrogen-bond acceptors (Lipinski definition) is 4. The van der Waals surface area contributed by atoms with Gasteiger partial charge in [-0.15, -0.1) is 15.6 Å². The normalized spacial score (nSPS) is 23.3. The van der Waals surface area contributed by atoms with Crippen molar-refractivity contribution in [2.24, 2.45) is 5.92 Å². The molecule has 1 aromatic rings. The van der Waals surface area contributed by atoms with E-state index in [-0.39, 0.29) is 11.8 Å². The summed E-state index contributed by atoms with van der Waals surface area (Å²) in [6, 6.07) is 0. The average molecular weight is 338 g/mol. The van der Waals surface area contributed by atoms with Gasteiger partial charge in [-0.05, 0) is 51.4 Å². The van der Waals surface area contributed by atoms with E-state index in [0.717, 1.165) is 61.5 Å². The molecule has 1 saturated carbocycles. The lowest BCUT2D eigenvalue weighted by molar-refractivity contribution is -0.117. The van der Waals surface area contributed by atoms with E-state index in [1.807, 2.05) is 0 Å². The molecule has 0 radical (unpaired) electrons. The fraction of sp³-hybridized carbons (Fsp3) is 0.688. The molecular weight excluding hydrogens is 316 g/mol. The van der Waals surface area contributed by atoms with Crippen molar-refractivity contribution in [2.75, 3.05) is 18.4 Å². The number of carbonyl (C=O) groups is 1. The van der Waals surface area contributed by atoms with Gasteiger partial charge in [0.05, 0.1) is 11.4 Å². The van der Waals surface area contributed by atoms with Crippen LogP contribution in [0.15, 0.2) is 4.90 Å². The van der Waals surface area contributed by atoms with Crippen LogP contribution in [0.2, 0.25) is 0 Å². The quantitative estimate of drug-likeness (QED) is 0.858. The van der Waals surface area contributed by atoms with E-state index in [0.29, 0.717) is 0 Å². The molecule has 4 rings (SSSR count). The molecule has 1 amide bonds. The molecule has 1 saturated heterocycles. The van der Waals surface area contributed by atoms with Gasteiger partial charge >= 0.3 is 0 Å². The molecule has 3 aliphatic rings. The van der Waals surface area contributed by atoms with Crippen LogP contribution in [0.4, 0.5) is 5.00 Å². The molecule has 2 aliphatic carbocycles. The fourth-order valence-corrected chi connectivity index (χ4v) is 6.43. The molecule has 0 bridgehead atoms. The zero-order valence-corrected chi connectivity index (χ0v) is 14.4. The van der Waals surface area contributed by atoms with Crippen molar-refractivity contribution in [1.29, 1.82) is 0 Å². The fourth-order valence-electron chi connectivity index (χ4n) is 3.35. The Bertz CT molecular complexity index is 577. The first-order chi connectivity index (χ1) is 10.7. The minimum absolute atomic E-state index is 0.123. The summed E-state index contributed by atoms with van der Waals surface area (Å²) < 4.78 is 15.1. The number of fused-ring (bicyclic) bond motifs is 1. The maximum absolute atomic E-state index is 13.1. The second-order valence-corrected chi connectivity index (χ2v) is 9.05. The van der Waals surface area contributed by atoms with Gasteiger partial charge < -0.3 is 9.87 Å². The molecule has 1 aromatic heterocycles. The van der Waals surface area contributed by atoms with E-state index in [9.17, 15) is 9.35 Å². The lowest BCUT2D eigenvalue weighted by Gasteiger charge is -2.21. The third kappa shape index (κ3) is 2.82. The van der Waals surface area contributed by atoms with Crippen molar-refractivity contribution >= 4 is 33.6 Å². The number of carbonyl (C=O) groups excluding carboxylic acids is 1. The van der Waals surface area contributed by atoms with E-state index >= 15 is 0 Å². The maximum Gasteiger partial charge on any atom is 0.228 e. The second-order valence-electron chi connectivity index (χ2n) is 6.52. The zero-order chi connectivity index (χ0) is 15.1. The van der Waals surface area contributed by atoms with Crippen LogP contribution in [0.25, 0.3) is 0 Å². The van der Waals surface area contributed by atoms with Gasteiger partial charge in [0.25, 0.3) is 0 Å². The SMILES string of the molecule is O=C(Nc1sc2c(c1[S+]([O-])N1CCCC1)CCCC2)C1CC1. The lowest BCUT2D eigenvalue weighted by atomic mass is 9.99. The summed E-state index contributed by atoms with van der Waals surface area (Å²) in [6.07, 6.45) is 8.72. The van der Waals surface area contributed by atoms with Gasteiger partial charge in [0.1, 0.15) is 0 Å². The first kappa shape index (κ1) is 15.0. The van der Waals surface area contributed by atoms with Crippen LogP contribution >= 0.6 is 11.3 Å². The third-order valence-corrected chi connectivity index (χ3v) is 7.75. The van der Waals surface area contributed by atoms with Crippen LogP contribution in [0.5, 0.6) is 0 Å². The number of aryl methyl sites for hydroxylation is 1. The summed E-state index contributed by atoms with van der Waals surface area (Å²) in [6.45, 7) is 1.82. The van der Waals surface area contributed by atoms with Gasteiger partial charge in [-0.1, -0.05) is 0 Å². The number of amides is 1. The topological polar surface area (TPSA) is 55.4 Å². The summed E-state index contributed by atoms with van der Waals surface area (Å²) in [4.78, 5) is 14.4. The van der Waals surface area contributed by atoms with Crippen LogP contribution in [-0.2, 0) is 29.0 Å². The molecule has 6 heteroatoms. The molecule has 22 heavy (non-hydrogen) atoms. The summed E-state index contributed by atoms with van der Waals surface area (Å²) >= 11 is 0.562. The number of thiophene rings is 1. The van der Waals surface area contributed by atoms with Crippen LogP contribution in [0.1, 0.15) is 49.0 Å². The molecule has 2 fully saturated rings. The number of anilines is 1. The van der Waals surface area contributed by atoms with E-state index in [4.69, 9.17) is 0 Å². The highest BCUT2D eigenvalue weighted by atomic mass is 32.2. The highest BCUT2D eigenvalue weighted by molar-refractivity contribution is 7.89. The summed E-state index contributed by atoms with van der Waals surface area (Å²) in [5.41, 5.74) is 1.27. The molecule has 1 unspecified atom stereocenters. The Morgan fingerprint density at radius 2 is 1.91 bits per heavy atom. The molecule has 1 N–H and O–H groups in total. The monoisotopic (exact) mass is 338 g/mol. The van der Waals surface area contributed by atoms with Crippen LogP contribution < -0.4 is 5.32 Å². The number of hydrogen-bond donors (Lipinski definition) is 1. The average Bonchev–Trinajstić information content (AvgIpc) is 3.11. The van der Waals surface area contributed by atoms with E-state index in [1.165, 1.54) is 23.3 Å². The Labute approximate surface area is 138 Å². The van der Waals surface area contributed by atoms with Gasteiger partial charge in [0.2, 0.25) is 10.8 Å². The largest absolute Gasteiger partial charge is 0.593 e. The van der Waals surface area contributed by atoms with Gasteiger partial charge in [-0.25, -0.2) is 0 Å². The number of rotatable bonds is 4. The van der Waals surface area contributed by atoms with E-state index in [2.05, 4.69) is 9.62 Å². The first-order valence-corrected chi connectivity index (χ1v) is 10.3. The smallest absolute Gasteiger partial charge is 0.228 e. The van der Waals surface area contributed by atoms with Crippen LogP contribution in [0.3, 0.4) is 0 Å². The van der Waals surface area contributed by atoms with Crippen molar-refractivity contribution in [2.45, 2.75) is 56.3 Å². The Morgan fingerprint density at radius 3 is 2.64 bits per heavy atom. The third-order valence-electron chi connectivity index (χ3n) is 4.78. The Morgan fingerprint density at radius 1 is 1.18 bits per heavy atom. The predicted octanol–water partition coefficient (Wildman–Crippen LogP) is 3.09. The Hall–Kier alpha value is -0.560. The standard InChI is InChI=1S/C16H22N2O2S2/c19-15(11-7-8-11)17-16-14(22(20)18-9-3-4-10-18)12-5-1-2-6-13(12)21-16/h11H,1-10H2,(H,17,19). The molecule has 0 aromatic carbocycles. The number of nitrogens with one attached hydrogen (secondary N) is 1. The maximum atomic E-state index is 13.1. The van der Waals surface area contributed by atoms with E-state index in [1.54, 1.807) is 11.3 Å². The van der Waals surface area contributed by atoms with Gasteiger partial charge in [-0.3, -0.25) is 4.79 Å². The van der Waals surface area contributed by atoms with Crippen molar-refractivity contribution in [3.63, 3.8) is 0 Å². The molecule has 4 nitrogen and oxygen atoms in total. The zero-order valence-electron chi connectivity index (χ0n) is 12.7. The molecule has 0 spiro atoms. The highest BCUT2D eigenvalue weighted by Gasteiger charge is 2.37.